The lowest BCUT2D eigenvalue weighted by molar-refractivity contribution is -0.124. The van der Waals surface area contributed by atoms with Gasteiger partial charge in [0.05, 0.1) is 12.1 Å². The molecule has 2 amide bonds. The summed E-state index contributed by atoms with van der Waals surface area (Å²) in [5.74, 6) is 3.08. The molecule has 2 aromatic carbocycles. The Balaban J connectivity index is 0.00000216. The van der Waals surface area contributed by atoms with Crippen LogP contribution in [0.5, 0.6) is 5.75 Å². The SMILES string of the molecule is CC.CC#CC(=O)N(C)CCOc1c(N)ncnc1-c1cc(F)cc(NC(=O)c2ccc(C3CC3)cc2F)c1C. The quantitative estimate of drug-likeness (QED) is 0.368. The topological polar surface area (TPSA) is 110 Å². The number of aromatic nitrogens is 2. The predicted octanol–water partition coefficient (Wildman–Crippen LogP) is 5.33. The number of halogens is 2. The fourth-order valence-corrected chi connectivity index (χ4v) is 3.94. The first kappa shape index (κ1) is 30.0. The summed E-state index contributed by atoms with van der Waals surface area (Å²) in [6, 6.07) is 6.94. The molecular weight excluding hydrogens is 516 g/mol. The number of benzene rings is 2. The monoisotopic (exact) mass is 549 g/mol. The normalized spacial score (nSPS) is 11.9. The van der Waals surface area contributed by atoms with E-state index in [9.17, 15) is 18.4 Å². The lowest BCUT2D eigenvalue weighted by atomic mass is 10.0. The van der Waals surface area contributed by atoms with Gasteiger partial charge >= 0.3 is 0 Å². The van der Waals surface area contributed by atoms with Gasteiger partial charge in [0.1, 0.15) is 30.3 Å². The van der Waals surface area contributed by atoms with Gasteiger partial charge < -0.3 is 20.7 Å². The summed E-state index contributed by atoms with van der Waals surface area (Å²) in [5, 5.41) is 2.61. The van der Waals surface area contributed by atoms with Crippen molar-refractivity contribution in [3.8, 4) is 28.8 Å². The number of nitrogens with zero attached hydrogens (tertiary/aromatic N) is 3. The van der Waals surface area contributed by atoms with Crippen LogP contribution in [0.2, 0.25) is 0 Å². The summed E-state index contributed by atoms with van der Waals surface area (Å²) in [4.78, 5) is 34.3. The van der Waals surface area contributed by atoms with Gasteiger partial charge in [-0.2, -0.15) is 0 Å². The zero-order valence-corrected chi connectivity index (χ0v) is 23.3. The molecule has 0 aliphatic heterocycles. The van der Waals surface area contributed by atoms with Crippen LogP contribution in [0, 0.1) is 30.4 Å². The number of hydrogen-bond acceptors (Lipinski definition) is 6. The molecule has 0 unspecified atom stereocenters. The van der Waals surface area contributed by atoms with Crippen molar-refractivity contribution in [2.75, 3.05) is 31.2 Å². The Labute approximate surface area is 233 Å². The van der Waals surface area contributed by atoms with Crippen molar-refractivity contribution in [1.82, 2.24) is 14.9 Å². The zero-order valence-electron chi connectivity index (χ0n) is 23.3. The highest BCUT2D eigenvalue weighted by Gasteiger charge is 2.25. The van der Waals surface area contributed by atoms with Crippen LogP contribution in [0.3, 0.4) is 0 Å². The fourth-order valence-electron chi connectivity index (χ4n) is 3.94. The van der Waals surface area contributed by atoms with E-state index in [2.05, 4.69) is 27.1 Å². The molecule has 4 rings (SSSR count). The molecule has 210 valence electrons. The molecule has 3 N–H and O–H groups in total. The van der Waals surface area contributed by atoms with E-state index in [1.165, 1.54) is 29.4 Å². The molecule has 1 fully saturated rings. The number of nitrogens with one attached hydrogen (secondary N) is 1. The number of nitrogens with two attached hydrogens (primary N) is 1. The number of likely N-dealkylation sites (N-methyl/N-ethyl adjacent to an activating group) is 1. The number of hydrogen-bond donors (Lipinski definition) is 2. The van der Waals surface area contributed by atoms with E-state index in [4.69, 9.17) is 10.5 Å². The molecule has 8 nitrogen and oxygen atoms in total. The molecular formula is C30H33F2N5O3. The zero-order chi connectivity index (χ0) is 29.4. The number of nitrogen functional groups attached to an aromatic ring is 1. The molecule has 1 saturated carbocycles. The largest absolute Gasteiger partial charge is 0.486 e. The van der Waals surface area contributed by atoms with Crippen molar-refractivity contribution >= 4 is 23.3 Å². The molecule has 0 saturated heterocycles. The minimum absolute atomic E-state index is 0.0180. The van der Waals surface area contributed by atoms with E-state index in [1.807, 2.05) is 13.8 Å². The van der Waals surface area contributed by atoms with Crippen LogP contribution in [-0.4, -0.2) is 46.9 Å². The van der Waals surface area contributed by atoms with Crippen LogP contribution in [0.4, 0.5) is 20.3 Å². The summed E-state index contributed by atoms with van der Waals surface area (Å²) in [6.45, 7) is 7.48. The van der Waals surface area contributed by atoms with Crippen LogP contribution in [0.25, 0.3) is 11.3 Å². The molecule has 0 atom stereocenters. The highest BCUT2D eigenvalue weighted by molar-refractivity contribution is 6.05. The summed E-state index contributed by atoms with van der Waals surface area (Å²) in [7, 11) is 1.58. The molecule has 0 bridgehead atoms. The van der Waals surface area contributed by atoms with Gasteiger partial charge in [-0.15, -0.1) is 0 Å². The standard InChI is InChI=1S/C28H27F2N5O3.C2H6/c1-4-5-24(36)35(3)10-11-38-26-25(32-15-33-27(26)31)21-13-19(29)14-23(16(21)2)34-28(37)20-9-8-18(12-22(20)30)17-6-7-17;1-2/h8-9,12-15,17H,6-7,10-11H2,1-3H3,(H,34,37)(H2,31,32,33);1-2H3. The number of rotatable bonds is 8. The number of carbonyl (C=O) groups is 2. The van der Waals surface area contributed by atoms with E-state index < -0.39 is 17.5 Å². The number of carbonyl (C=O) groups excluding carboxylic acids is 2. The van der Waals surface area contributed by atoms with E-state index in [-0.39, 0.29) is 47.6 Å². The Morgan fingerprint density at radius 2 is 1.90 bits per heavy atom. The van der Waals surface area contributed by atoms with Crippen LogP contribution in [0.15, 0.2) is 36.7 Å². The summed E-state index contributed by atoms with van der Waals surface area (Å²) < 4.78 is 35.2. The minimum atomic E-state index is -0.703. The van der Waals surface area contributed by atoms with E-state index in [1.54, 1.807) is 27.0 Å². The first-order valence-electron chi connectivity index (χ1n) is 13.0. The number of ether oxygens (including phenoxy) is 1. The highest BCUT2D eigenvalue weighted by Crippen LogP contribution is 2.40. The maximum Gasteiger partial charge on any atom is 0.298 e. The van der Waals surface area contributed by atoms with Crippen LogP contribution in [0.1, 0.15) is 61.0 Å². The predicted molar refractivity (Wildman–Crippen MR) is 151 cm³/mol. The van der Waals surface area contributed by atoms with Crippen molar-refractivity contribution in [1.29, 1.82) is 0 Å². The van der Waals surface area contributed by atoms with E-state index >= 15 is 0 Å². The first-order chi connectivity index (χ1) is 19.2. The second-order valence-electron chi connectivity index (χ2n) is 8.98. The van der Waals surface area contributed by atoms with Gasteiger partial charge in [-0.3, -0.25) is 9.59 Å². The van der Waals surface area contributed by atoms with Crippen LogP contribution < -0.4 is 15.8 Å². The average molecular weight is 550 g/mol. The Kier molecular flexibility index (Phi) is 10.1. The minimum Gasteiger partial charge on any atom is -0.486 e. The molecule has 3 aromatic rings. The van der Waals surface area contributed by atoms with Gasteiger partial charge in [-0.1, -0.05) is 25.8 Å². The molecule has 0 spiro atoms. The maximum atomic E-state index is 14.7. The van der Waals surface area contributed by atoms with Crippen molar-refractivity contribution in [3.63, 3.8) is 0 Å². The number of anilines is 2. The van der Waals surface area contributed by atoms with Gasteiger partial charge in [0.15, 0.2) is 11.6 Å². The third-order valence-corrected chi connectivity index (χ3v) is 6.25. The molecule has 1 heterocycles. The average Bonchev–Trinajstić information content (AvgIpc) is 3.78. The second kappa shape index (κ2) is 13.5. The van der Waals surface area contributed by atoms with Crippen LogP contribution in [-0.2, 0) is 4.79 Å². The molecule has 10 heteroatoms. The lowest BCUT2D eigenvalue weighted by Gasteiger charge is -2.18. The van der Waals surface area contributed by atoms with Gasteiger partial charge in [-0.25, -0.2) is 18.7 Å². The summed E-state index contributed by atoms with van der Waals surface area (Å²) in [6.07, 6.45) is 3.24. The van der Waals surface area contributed by atoms with Gasteiger partial charge in [0.2, 0.25) is 0 Å². The Bertz CT molecular complexity index is 1460. The fraction of sp³-hybridized carbons (Fsp3) is 0.333. The third kappa shape index (κ3) is 7.11. The van der Waals surface area contributed by atoms with Crippen molar-refractivity contribution < 1.29 is 23.1 Å². The first-order valence-corrected chi connectivity index (χ1v) is 13.0. The molecule has 40 heavy (non-hydrogen) atoms. The van der Waals surface area contributed by atoms with E-state index in [0.29, 0.717) is 17.0 Å². The van der Waals surface area contributed by atoms with Gasteiger partial charge in [0, 0.05) is 18.3 Å². The smallest absolute Gasteiger partial charge is 0.298 e. The highest BCUT2D eigenvalue weighted by atomic mass is 19.1. The Morgan fingerprint density at radius 1 is 1.18 bits per heavy atom. The van der Waals surface area contributed by atoms with Crippen molar-refractivity contribution in [3.05, 3.63) is 65.0 Å². The lowest BCUT2D eigenvalue weighted by Crippen LogP contribution is -2.29. The number of amides is 2. The molecule has 1 aliphatic carbocycles. The van der Waals surface area contributed by atoms with E-state index in [0.717, 1.165) is 24.5 Å². The summed E-state index contributed by atoms with van der Waals surface area (Å²) >= 11 is 0. The molecule has 1 aromatic heterocycles. The van der Waals surface area contributed by atoms with Gasteiger partial charge in [0.25, 0.3) is 11.8 Å². The second-order valence-corrected chi connectivity index (χ2v) is 8.98. The molecule has 1 aliphatic rings. The Hall–Kier alpha value is -4.52. The Morgan fingerprint density at radius 3 is 2.55 bits per heavy atom. The van der Waals surface area contributed by atoms with Gasteiger partial charge in [-0.05, 0) is 73.9 Å². The maximum absolute atomic E-state index is 14.7. The van der Waals surface area contributed by atoms with Crippen molar-refractivity contribution in [2.45, 2.75) is 46.5 Å². The van der Waals surface area contributed by atoms with Crippen molar-refractivity contribution in [2.24, 2.45) is 0 Å². The van der Waals surface area contributed by atoms with Crippen LogP contribution >= 0.6 is 0 Å². The third-order valence-electron chi connectivity index (χ3n) is 6.25. The summed E-state index contributed by atoms with van der Waals surface area (Å²) in [5.41, 5.74) is 7.87. The molecule has 0 radical (unpaired) electrons.